The van der Waals surface area contributed by atoms with Crippen molar-refractivity contribution in [3.63, 3.8) is 0 Å². The third-order valence-electron chi connectivity index (χ3n) is 5.30. The fraction of sp³-hybridized carbons (Fsp3) is 0.304. The minimum atomic E-state index is 0.157. The predicted octanol–water partition coefficient (Wildman–Crippen LogP) is 4.95. The Balaban J connectivity index is 1.82. The summed E-state index contributed by atoms with van der Waals surface area (Å²) in [5.41, 5.74) is 4.83. The number of ether oxygens (including phenoxy) is 1. The second kappa shape index (κ2) is 7.50. The number of hydrogen-bond acceptors (Lipinski definition) is 4. The standard InChI is InChI=1S/C23H25N3O2/c1-4-16-7-5-6-8-19(16)24-23-22-20(13-15(2)14-21(22)27)26(25-23)17-9-11-18(28-3)12-10-17/h5-12,15H,4,13-14H2,1-3H3,(H,24,25)/t15-/m1/s1. The van der Waals surface area contributed by atoms with Crippen molar-refractivity contribution in [2.75, 3.05) is 12.4 Å². The van der Waals surface area contributed by atoms with Gasteiger partial charge in [-0.25, -0.2) is 4.68 Å². The van der Waals surface area contributed by atoms with Crippen LogP contribution >= 0.6 is 0 Å². The Morgan fingerprint density at radius 2 is 1.89 bits per heavy atom. The molecule has 1 aliphatic rings. The number of Topliss-reactive ketones (excluding diaryl/α,β-unsaturated/α-hetero) is 1. The first kappa shape index (κ1) is 18.3. The van der Waals surface area contributed by atoms with Crippen molar-refractivity contribution < 1.29 is 9.53 Å². The molecule has 0 aliphatic heterocycles. The number of hydrogen-bond donors (Lipinski definition) is 1. The van der Waals surface area contributed by atoms with E-state index in [1.54, 1.807) is 7.11 Å². The van der Waals surface area contributed by atoms with Crippen molar-refractivity contribution in [2.24, 2.45) is 5.92 Å². The largest absolute Gasteiger partial charge is 0.497 e. The monoisotopic (exact) mass is 375 g/mol. The lowest BCUT2D eigenvalue weighted by atomic mass is 9.87. The Morgan fingerprint density at radius 3 is 2.61 bits per heavy atom. The molecule has 4 rings (SSSR count). The van der Waals surface area contributed by atoms with E-state index in [0.29, 0.717) is 18.2 Å². The Kier molecular flexibility index (Phi) is 4.90. The lowest BCUT2D eigenvalue weighted by Crippen LogP contribution is -2.19. The summed E-state index contributed by atoms with van der Waals surface area (Å²) in [6.45, 7) is 4.24. The molecule has 0 fully saturated rings. The lowest BCUT2D eigenvalue weighted by molar-refractivity contribution is 0.0953. The number of aromatic nitrogens is 2. The Bertz CT molecular complexity index is 1010. The van der Waals surface area contributed by atoms with Crippen LogP contribution in [0.1, 0.15) is 41.9 Å². The van der Waals surface area contributed by atoms with Crippen LogP contribution in [0.3, 0.4) is 0 Å². The van der Waals surface area contributed by atoms with Gasteiger partial charge in [0, 0.05) is 12.1 Å². The van der Waals surface area contributed by atoms with E-state index < -0.39 is 0 Å². The predicted molar refractivity (Wildman–Crippen MR) is 111 cm³/mol. The van der Waals surface area contributed by atoms with Crippen molar-refractivity contribution in [1.29, 1.82) is 0 Å². The molecule has 1 N–H and O–H groups in total. The molecule has 5 heteroatoms. The molecule has 3 aromatic rings. The van der Waals surface area contributed by atoms with Gasteiger partial charge in [0.2, 0.25) is 0 Å². The highest BCUT2D eigenvalue weighted by molar-refractivity contribution is 6.03. The van der Waals surface area contributed by atoms with Crippen LogP contribution in [-0.2, 0) is 12.8 Å². The van der Waals surface area contributed by atoms with Gasteiger partial charge in [-0.3, -0.25) is 4.79 Å². The molecule has 2 aromatic carbocycles. The van der Waals surface area contributed by atoms with Gasteiger partial charge in [-0.05, 0) is 54.7 Å². The van der Waals surface area contributed by atoms with Crippen LogP contribution in [-0.4, -0.2) is 22.7 Å². The van der Waals surface area contributed by atoms with Crippen LogP contribution in [0.5, 0.6) is 5.75 Å². The van der Waals surface area contributed by atoms with Crippen molar-refractivity contribution in [3.05, 3.63) is 65.4 Å². The number of ketones is 1. The molecule has 0 spiro atoms. The van der Waals surface area contributed by atoms with E-state index in [0.717, 1.165) is 41.2 Å². The molecule has 0 saturated carbocycles. The van der Waals surface area contributed by atoms with E-state index in [-0.39, 0.29) is 5.78 Å². The average molecular weight is 375 g/mol. The summed E-state index contributed by atoms with van der Waals surface area (Å²) >= 11 is 0. The normalized spacial score (nSPS) is 16.0. The highest BCUT2D eigenvalue weighted by atomic mass is 16.5. The molecule has 0 bridgehead atoms. The smallest absolute Gasteiger partial charge is 0.168 e. The van der Waals surface area contributed by atoms with Gasteiger partial charge >= 0.3 is 0 Å². The van der Waals surface area contributed by atoms with Gasteiger partial charge < -0.3 is 10.1 Å². The number of rotatable bonds is 5. The molecule has 1 aliphatic carbocycles. The molecule has 0 saturated heterocycles. The minimum Gasteiger partial charge on any atom is -0.497 e. The Hall–Kier alpha value is -3.08. The van der Waals surface area contributed by atoms with Crippen LogP contribution in [0.15, 0.2) is 48.5 Å². The Morgan fingerprint density at radius 1 is 1.14 bits per heavy atom. The molecule has 0 unspecified atom stereocenters. The summed E-state index contributed by atoms with van der Waals surface area (Å²) in [6.07, 6.45) is 2.30. The number of fused-ring (bicyclic) bond motifs is 1. The third-order valence-corrected chi connectivity index (χ3v) is 5.30. The molecule has 0 amide bonds. The van der Waals surface area contributed by atoms with E-state index in [1.165, 1.54) is 5.56 Å². The molecule has 28 heavy (non-hydrogen) atoms. The van der Waals surface area contributed by atoms with E-state index in [4.69, 9.17) is 9.84 Å². The van der Waals surface area contributed by atoms with Gasteiger partial charge in [-0.1, -0.05) is 32.0 Å². The number of nitrogens with one attached hydrogen (secondary N) is 1. The minimum absolute atomic E-state index is 0.157. The summed E-state index contributed by atoms with van der Waals surface area (Å²) in [4.78, 5) is 12.9. The summed E-state index contributed by atoms with van der Waals surface area (Å²) in [5, 5.41) is 8.25. The number of methoxy groups -OCH3 is 1. The fourth-order valence-electron chi connectivity index (χ4n) is 3.86. The quantitative estimate of drug-likeness (QED) is 0.685. The number of carbonyl (C=O) groups is 1. The van der Waals surface area contributed by atoms with Crippen LogP contribution < -0.4 is 10.1 Å². The van der Waals surface area contributed by atoms with Crippen molar-refractivity contribution in [2.45, 2.75) is 33.1 Å². The van der Waals surface area contributed by atoms with Crippen LogP contribution in [0.4, 0.5) is 11.5 Å². The zero-order chi connectivity index (χ0) is 19.7. The zero-order valence-electron chi connectivity index (χ0n) is 16.5. The highest BCUT2D eigenvalue weighted by Crippen LogP contribution is 2.34. The first-order valence-corrected chi connectivity index (χ1v) is 9.75. The molecule has 144 valence electrons. The molecule has 5 nitrogen and oxygen atoms in total. The molecule has 1 heterocycles. The second-order valence-corrected chi connectivity index (χ2v) is 7.35. The number of anilines is 2. The van der Waals surface area contributed by atoms with Crippen LogP contribution in [0.25, 0.3) is 5.69 Å². The van der Waals surface area contributed by atoms with E-state index >= 15 is 0 Å². The third kappa shape index (κ3) is 3.28. The summed E-state index contributed by atoms with van der Waals surface area (Å²) < 4.78 is 7.17. The summed E-state index contributed by atoms with van der Waals surface area (Å²) in [6, 6.07) is 15.9. The van der Waals surface area contributed by atoms with Gasteiger partial charge in [-0.2, -0.15) is 0 Å². The van der Waals surface area contributed by atoms with E-state index in [1.807, 2.05) is 47.1 Å². The maximum absolute atomic E-state index is 12.9. The molecule has 0 radical (unpaired) electrons. The maximum atomic E-state index is 12.9. The molecule has 1 atom stereocenters. The number of benzene rings is 2. The van der Waals surface area contributed by atoms with Gasteiger partial charge in [-0.15, -0.1) is 5.10 Å². The van der Waals surface area contributed by atoms with E-state index in [2.05, 4.69) is 25.2 Å². The maximum Gasteiger partial charge on any atom is 0.168 e. The molecular weight excluding hydrogens is 350 g/mol. The number of aryl methyl sites for hydroxylation is 1. The lowest BCUT2D eigenvalue weighted by Gasteiger charge is -2.19. The van der Waals surface area contributed by atoms with E-state index in [9.17, 15) is 4.79 Å². The van der Waals surface area contributed by atoms with Crippen molar-refractivity contribution >= 4 is 17.3 Å². The average Bonchev–Trinajstić information content (AvgIpc) is 3.06. The molecule has 1 aromatic heterocycles. The number of carbonyl (C=O) groups excluding carboxylic acids is 1. The van der Waals surface area contributed by atoms with Gasteiger partial charge in [0.1, 0.15) is 5.75 Å². The first-order valence-electron chi connectivity index (χ1n) is 9.75. The summed E-state index contributed by atoms with van der Waals surface area (Å²) in [7, 11) is 1.65. The zero-order valence-corrected chi connectivity index (χ0v) is 16.5. The Labute approximate surface area is 165 Å². The summed E-state index contributed by atoms with van der Waals surface area (Å²) in [5.74, 6) is 1.91. The highest BCUT2D eigenvalue weighted by Gasteiger charge is 2.31. The first-order chi connectivity index (χ1) is 13.6. The topological polar surface area (TPSA) is 56.1 Å². The van der Waals surface area contributed by atoms with Crippen molar-refractivity contribution in [3.8, 4) is 11.4 Å². The fourth-order valence-corrected chi connectivity index (χ4v) is 3.86. The van der Waals surface area contributed by atoms with Gasteiger partial charge in [0.05, 0.1) is 24.1 Å². The number of para-hydroxylation sites is 1. The van der Waals surface area contributed by atoms with Crippen LogP contribution in [0, 0.1) is 5.92 Å². The second-order valence-electron chi connectivity index (χ2n) is 7.35. The van der Waals surface area contributed by atoms with Gasteiger partial charge in [0.15, 0.2) is 11.6 Å². The molecular formula is C23H25N3O2. The number of nitrogens with zero attached hydrogens (tertiary/aromatic N) is 2. The van der Waals surface area contributed by atoms with Crippen LogP contribution in [0.2, 0.25) is 0 Å². The van der Waals surface area contributed by atoms with Crippen molar-refractivity contribution in [1.82, 2.24) is 9.78 Å². The SMILES string of the molecule is CCc1ccccc1Nc1nn(-c2ccc(OC)cc2)c2c1C(=O)C[C@H](C)C2. The van der Waals surface area contributed by atoms with Gasteiger partial charge in [0.25, 0.3) is 0 Å².